The second-order valence-electron chi connectivity index (χ2n) is 3.81. The van der Waals surface area contributed by atoms with Crippen LogP contribution in [-0.2, 0) is 0 Å². The smallest absolute Gasteiger partial charge is 0.149 e. The van der Waals surface area contributed by atoms with E-state index in [4.69, 9.17) is 5.73 Å². The highest BCUT2D eigenvalue weighted by molar-refractivity contribution is 5.40. The van der Waals surface area contributed by atoms with Gasteiger partial charge in [-0.05, 0) is 31.4 Å². The lowest BCUT2D eigenvalue weighted by molar-refractivity contribution is 0.418. The molecule has 1 rings (SSSR count). The summed E-state index contributed by atoms with van der Waals surface area (Å²) in [7, 11) is 0. The van der Waals surface area contributed by atoms with Crippen molar-refractivity contribution in [2.45, 2.75) is 45.6 Å². The first kappa shape index (κ1) is 11.8. The van der Waals surface area contributed by atoms with Crippen molar-refractivity contribution in [3.8, 4) is 0 Å². The van der Waals surface area contributed by atoms with Gasteiger partial charge in [-0.2, -0.15) is 0 Å². The third kappa shape index (κ3) is 2.81. The van der Waals surface area contributed by atoms with Crippen molar-refractivity contribution in [2.75, 3.05) is 11.1 Å². The molecule has 4 nitrogen and oxygen atoms in total. The maximum absolute atomic E-state index is 5.49. The summed E-state index contributed by atoms with van der Waals surface area (Å²) in [6.07, 6.45) is 3.23. The zero-order valence-corrected chi connectivity index (χ0v) is 9.75. The van der Waals surface area contributed by atoms with Crippen molar-refractivity contribution in [1.29, 1.82) is 0 Å². The Hall–Kier alpha value is -1.32. The van der Waals surface area contributed by atoms with Crippen molar-refractivity contribution < 1.29 is 0 Å². The summed E-state index contributed by atoms with van der Waals surface area (Å²) in [6, 6.07) is 3.64. The van der Waals surface area contributed by atoms with Crippen LogP contribution < -0.4 is 11.1 Å². The molecule has 0 aromatic carbocycles. The van der Waals surface area contributed by atoms with E-state index in [-0.39, 0.29) is 5.54 Å². The number of nitrogen functional groups attached to an aromatic ring is 1. The number of hydrogen-bond acceptors (Lipinski definition) is 4. The van der Waals surface area contributed by atoms with Crippen LogP contribution in [0.5, 0.6) is 0 Å². The highest BCUT2D eigenvalue weighted by Crippen LogP contribution is 2.24. The average Bonchev–Trinajstić information content (AvgIpc) is 2.29. The van der Waals surface area contributed by atoms with Gasteiger partial charge in [0.15, 0.2) is 0 Å². The fourth-order valence-corrected chi connectivity index (χ4v) is 1.70. The quantitative estimate of drug-likeness (QED) is 0.780. The Labute approximate surface area is 91.3 Å². The summed E-state index contributed by atoms with van der Waals surface area (Å²) >= 11 is 0. The highest BCUT2D eigenvalue weighted by Gasteiger charge is 2.23. The van der Waals surface area contributed by atoms with Gasteiger partial charge in [-0.15, -0.1) is 10.2 Å². The van der Waals surface area contributed by atoms with Crippen LogP contribution in [0.3, 0.4) is 0 Å². The normalized spacial score (nSPS) is 11.4. The van der Waals surface area contributed by atoms with Crippen LogP contribution in [0.25, 0.3) is 0 Å². The maximum Gasteiger partial charge on any atom is 0.149 e. The minimum atomic E-state index is 0.130. The highest BCUT2D eigenvalue weighted by atomic mass is 15.2. The molecule has 3 N–H and O–H groups in total. The maximum atomic E-state index is 5.49. The van der Waals surface area contributed by atoms with E-state index >= 15 is 0 Å². The molecule has 0 unspecified atom stereocenters. The van der Waals surface area contributed by atoms with Crippen LogP contribution in [0.1, 0.15) is 40.0 Å². The van der Waals surface area contributed by atoms with Gasteiger partial charge in [0, 0.05) is 5.54 Å². The fourth-order valence-electron chi connectivity index (χ4n) is 1.70. The predicted molar refractivity (Wildman–Crippen MR) is 63.7 cm³/mol. The number of nitrogens with zero attached hydrogens (tertiary/aromatic N) is 2. The van der Waals surface area contributed by atoms with Gasteiger partial charge in [-0.25, -0.2) is 0 Å². The largest absolute Gasteiger partial charge is 0.382 e. The summed E-state index contributed by atoms with van der Waals surface area (Å²) < 4.78 is 0. The molecule has 1 heterocycles. The Bertz CT molecular complexity index is 282. The first-order chi connectivity index (χ1) is 7.15. The van der Waals surface area contributed by atoms with Gasteiger partial charge in [0.05, 0.1) is 0 Å². The molecule has 0 spiro atoms. The summed E-state index contributed by atoms with van der Waals surface area (Å²) in [5, 5.41) is 11.3. The molecule has 0 atom stereocenters. The first-order valence-electron chi connectivity index (χ1n) is 5.53. The average molecular weight is 208 g/mol. The van der Waals surface area contributed by atoms with Crippen LogP contribution in [0, 0.1) is 0 Å². The molecule has 0 fully saturated rings. The fraction of sp³-hybridized carbons (Fsp3) is 0.636. The van der Waals surface area contributed by atoms with E-state index in [2.05, 4.69) is 36.3 Å². The second kappa shape index (κ2) is 4.96. The van der Waals surface area contributed by atoms with E-state index in [1.807, 2.05) is 6.07 Å². The predicted octanol–water partition coefficient (Wildman–Crippen LogP) is 2.44. The molecule has 0 aliphatic heterocycles. The van der Waals surface area contributed by atoms with Gasteiger partial charge in [0.25, 0.3) is 0 Å². The molecule has 84 valence electrons. The van der Waals surface area contributed by atoms with Gasteiger partial charge in [0.1, 0.15) is 11.6 Å². The van der Waals surface area contributed by atoms with Crippen LogP contribution in [0.15, 0.2) is 12.1 Å². The van der Waals surface area contributed by atoms with Gasteiger partial charge < -0.3 is 11.1 Å². The number of aromatic nitrogens is 2. The Morgan fingerprint density at radius 2 is 1.73 bits per heavy atom. The number of anilines is 2. The molecule has 1 aromatic rings. The lowest BCUT2D eigenvalue weighted by Crippen LogP contribution is -2.36. The van der Waals surface area contributed by atoms with Gasteiger partial charge >= 0.3 is 0 Å². The molecular weight excluding hydrogens is 188 g/mol. The number of nitrogens with two attached hydrogens (primary N) is 1. The van der Waals surface area contributed by atoms with Gasteiger partial charge in [-0.1, -0.05) is 20.8 Å². The molecule has 0 saturated heterocycles. The lowest BCUT2D eigenvalue weighted by atomic mass is 9.90. The summed E-state index contributed by atoms with van der Waals surface area (Å²) in [6.45, 7) is 6.56. The Kier molecular flexibility index (Phi) is 3.88. The van der Waals surface area contributed by atoms with Crippen LogP contribution >= 0.6 is 0 Å². The number of rotatable bonds is 5. The summed E-state index contributed by atoms with van der Waals surface area (Å²) in [4.78, 5) is 0. The number of nitrogens with one attached hydrogen (secondary N) is 1. The minimum absolute atomic E-state index is 0.130. The van der Waals surface area contributed by atoms with E-state index < -0.39 is 0 Å². The SMILES string of the molecule is CCC(CC)(CC)Nc1ccc(N)nn1. The zero-order valence-electron chi connectivity index (χ0n) is 9.75. The summed E-state index contributed by atoms with van der Waals surface area (Å²) in [5.74, 6) is 1.25. The van der Waals surface area contributed by atoms with E-state index in [0.717, 1.165) is 25.1 Å². The molecule has 0 saturated carbocycles. The van der Waals surface area contributed by atoms with Crippen molar-refractivity contribution in [3.63, 3.8) is 0 Å². The topological polar surface area (TPSA) is 63.8 Å². The Balaban J connectivity index is 2.78. The standard InChI is InChI=1S/C11H20N4/c1-4-11(5-2,6-3)13-10-8-7-9(12)14-15-10/h7-8H,4-6H2,1-3H3,(H2,12,14)(H,13,15). The number of hydrogen-bond donors (Lipinski definition) is 2. The lowest BCUT2D eigenvalue weighted by Gasteiger charge is -2.32. The molecule has 0 amide bonds. The molecule has 4 heteroatoms. The van der Waals surface area contributed by atoms with Crippen molar-refractivity contribution in [3.05, 3.63) is 12.1 Å². The van der Waals surface area contributed by atoms with E-state index in [1.165, 1.54) is 0 Å². The molecular formula is C11H20N4. The Morgan fingerprint density at radius 3 is 2.13 bits per heavy atom. The molecule has 0 radical (unpaired) electrons. The van der Waals surface area contributed by atoms with Crippen LogP contribution in [0.2, 0.25) is 0 Å². The second-order valence-corrected chi connectivity index (χ2v) is 3.81. The Morgan fingerprint density at radius 1 is 1.13 bits per heavy atom. The zero-order chi connectivity index (χ0) is 11.3. The van der Waals surface area contributed by atoms with Crippen molar-refractivity contribution in [2.24, 2.45) is 0 Å². The van der Waals surface area contributed by atoms with E-state index in [0.29, 0.717) is 5.82 Å². The van der Waals surface area contributed by atoms with Crippen molar-refractivity contribution in [1.82, 2.24) is 10.2 Å². The van der Waals surface area contributed by atoms with Crippen molar-refractivity contribution >= 4 is 11.6 Å². The third-order valence-electron chi connectivity index (χ3n) is 3.11. The molecule has 0 bridgehead atoms. The van der Waals surface area contributed by atoms with Crippen LogP contribution in [0.4, 0.5) is 11.6 Å². The van der Waals surface area contributed by atoms with Crippen LogP contribution in [-0.4, -0.2) is 15.7 Å². The first-order valence-corrected chi connectivity index (χ1v) is 5.53. The van der Waals surface area contributed by atoms with E-state index in [9.17, 15) is 0 Å². The molecule has 15 heavy (non-hydrogen) atoms. The monoisotopic (exact) mass is 208 g/mol. The molecule has 0 aliphatic carbocycles. The summed E-state index contributed by atoms with van der Waals surface area (Å²) in [5.41, 5.74) is 5.62. The minimum Gasteiger partial charge on any atom is -0.382 e. The van der Waals surface area contributed by atoms with Gasteiger partial charge in [-0.3, -0.25) is 0 Å². The van der Waals surface area contributed by atoms with E-state index in [1.54, 1.807) is 6.07 Å². The molecule has 1 aromatic heterocycles. The van der Waals surface area contributed by atoms with Gasteiger partial charge in [0.2, 0.25) is 0 Å². The molecule has 0 aliphatic rings. The third-order valence-corrected chi connectivity index (χ3v) is 3.11.